The predicted molar refractivity (Wildman–Crippen MR) is 84.7 cm³/mol. The third kappa shape index (κ3) is 3.72. The van der Waals surface area contributed by atoms with Crippen molar-refractivity contribution in [3.05, 3.63) is 53.4 Å². The smallest absolute Gasteiger partial charge is 0.279 e. The number of amides is 2. The summed E-state index contributed by atoms with van der Waals surface area (Å²) < 4.78 is 5.21. The Morgan fingerprint density at radius 1 is 1.26 bits per heavy atom. The summed E-state index contributed by atoms with van der Waals surface area (Å²) >= 11 is 5.85. The molecule has 120 valence electrons. The molecule has 0 bridgehead atoms. The van der Waals surface area contributed by atoms with E-state index in [1.54, 1.807) is 40.3 Å². The van der Waals surface area contributed by atoms with Gasteiger partial charge in [-0.3, -0.25) is 14.5 Å². The Morgan fingerprint density at radius 3 is 2.74 bits per heavy atom. The molecule has 2 heterocycles. The Kier molecular flexibility index (Phi) is 4.64. The average Bonchev–Trinajstić information content (AvgIpc) is 3.18. The normalized spacial score (nSPS) is 14.6. The molecule has 0 saturated carbocycles. The molecule has 0 aliphatic carbocycles. The number of halogens is 1. The van der Waals surface area contributed by atoms with Gasteiger partial charge in [-0.15, -0.1) is 0 Å². The Balaban J connectivity index is 1.54. The number of rotatable bonds is 5. The van der Waals surface area contributed by atoms with Gasteiger partial charge >= 0.3 is 0 Å². The Hall–Kier alpha value is -2.31. The van der Waals surface area contributed by atoms with E-state index in [-0.39, 0.29) is 31.6 Å². The molecule has 0 atom stereocenters. The molecule has 0 unspecified atom stereocenters. The first kappa shape index (κ1) is 15.6. The molecule has 23 heavy (non-hydrogen) atoms. The molecule has 0 spiro atoms. The van der Waals surface area contributed by atoms with Crippen LogP contribution in [0.25, 0.3) is 0 Å². The number of furan rings is 1. The van der Waals surface area contributed by atoms with Crippen molar-refractivity contribution in [3.63, 3.8) is 0 Å². The number of anilines is 1. The second-order valence-corrected chi connectivity index (χ2v) is 5.74. The Morgan fingerprint density at radius 2 is 2.04 bits per heavy atom. The molecule has 7 heteroatoms. The van der Waals surface area contributed by atoms with E-state index in [0.717, 1.165) is 11.4 Å². The SMILES string of the molecule is O=C(C[NH2+]Cc1ccco1)N1CC(=O)N(c2ccc(Cl)cc2)C1. The van der Waals surface area contributed by atoms with Crippen LogP contribution in [0.5, 0.6) is 0 Å². The average molecular weight is 335 g/mol. The van der Waals surface area contributed by atoms with E-state index >= 15 is 0 Å². The van der Waals surface area contributed by atoms with Crippen LogP contribution < -0.4 is 10.2 Å². The maximum absolute atomic E-state index is 12.2. The lowest BCUT2D eigenvalue weighted by molar-refractivity contribution is -0.662. The van der Waals surface area contributed by atoms with E-state index in [9.17, 15) is 9.59 Å². The van der Waals surface area contributed by atoms with Crippen LogP contribution in [0.3, 0.4) is 0 Å². The lowest BCUT2D eigenvalue weighted by atomic mass is 10.3. The molecule has 3 rings (SSSR count). The summed E-state index contributed by atoms with van der Waals surface area (Å²) in [5.41, 5.74) is 0.745. The summed E-state index contributed by atoms with van der Waals surface area (Å²) in [6.45, 7) is 1.26. The van der Waals surface area contributed by atoms with Gasteiger partial charge in [-0.1, -0.05) is 11.6 Å². The first-order valence-electron chi connectivity index (χ1n) is 7.31. The summed E-state index contributed by atoms with van der Waals surface area (Å²) in [5.74, 6) is 0.658. The number of carbonyl (C=O) groups is 2. The first-order chi connectivity index (χ1) is 11.1. The van der Waals surface area contributed by atoms with Crippen molar-refractivity contribution in [2.24, 2.45) is 0 Å². The first-order valence-corrected chi connectivity index (χ1v) is 7.69. The molecule has 1 aromatic heterocycles. The lowest BCUT2D eigenvalue weighted by Gasteiger charge is -2.17. The van der Waals surface area contributed by atoms with E-state index < -0.39 is 0 Å². The van der Waals surface area contributed by atoms with E-state index in [4.69, 9.17) is 16.0 Å². The topological polar surface area (TPSA) is 70.4 Å². The van der Waals surface area contributed by atoms with Crippen LogP contribution >= 0.6 is 11.6 Å². The third-order valence-electron chi connectivity index (χ3n) is 3.67. The van der Waals surface area contributed by atoms with Gasteiger partial charge in [-0.25, -0.2) is 0 Å². The highest BCUT2D eigenvalue weighted by atomic mass is 35.5. The van der Waals surface area contributed by atoms with Gasteiger partial charge in [0.05, 0.1) is 6.26 Å². The summed E-state index contributed by atoms with van der Waals surface area (Å²) in [5, 5.41) is 2.47. The number of benzene rings is 1. The summed E-state index contributed by atoms with van der Waals surface area (Å²) in [6, 6.07) is 10.7. The zero-order valence-corrected chi connectivity index (χ0v) is 13.2. The molecule has 2 amide bonds. The maximum atomic E-state index is 12.2. The minimum atomic E-state index is -0.0910. The van der Waals surface area contributed by atoms with Crippen LogP contribution in [0.2, 0.25) is 5.02 Å². The van der Waals surface area contributed by atoms with Crippen molar-refractivity contribution < 1.29 is 19.3 Å². The van der Waals surface area contributed by atoms with E-state index in [0.29, 0.717) is 11.6 Å². The molecule has 1 aliphatic rings. The van der Waals surface area contributed by atoms with E-state index in [1.807, 2.05) is 17.4 Å². The minimum Gasteiger partial charge on any atom is -0.463 e. The standard InChI is InChI=1S/C16H16ClN3O3/c17-12-3-5-13(6-4-12)20-11-19(10-16(20)22)15(21)9-18-8-14-2-1-7-23-14/h1-7,18H,8-11H2/p+1. The van der Waals surface area contributed by atoms with Gasteiger partial charge in [-0.05, 0) is 36.4 Å². The highest BCUT2D eigenvalue weighted by Crippen LogP contribution is 2.21. The van der Waals surface area contributed by atoms with Gasteiger partial charge in [0.1, 0.15) is 19.8 Å². The highest BCUT2D eigenvalue weighted by Gasteiger charge is 2.32. The third-order valence-corrected chi connectivity index (χ3v) is 3.93. The Labute approximate surface area is 138 Å². The molecule has 1 aliphatic heterocycles. The quantitative estimate of drug-likeness (QED) is 0.880. The number of hydrogen-bond donors (Lipinski definition) is 1. The molecule has 1 aromatic carbocycles. The van der Waals surface area contributed by atoms with Crippen LogP contribution in [-0.4, -0.2) is 36.5 Å². The maximum Gasteiger partial charge on any atom is 0.279 e. The van der Waals surface area contributed by atoms with Crippen molar-refractivity contribution in [3.8, 4) is 0 Å². The monoisotopic (exact) mass is 334 g/mol. The van der Waals surface area contributed by atoms with Gasteiger partial charge < -0.3 is 14.6 Å². The fraction of sp³-hybridized carbons (Fsp3) is 0.250. The second-order valence-electron chi connectivity index (χ2n) is 5.31. The molecule has 2 N–H and O–H groups in total. The number of nitrogens with zero attached hydrogens (tertiary/aromatic N) is 2. The molecule has 6 nitrogen and oxygen atoms in total. The van der Waals surface area contributed by atoms with Crippen molar-refractivity contribution in [2.75, 3.05) is 24.7 Å². The molecular weight excluding hydrogens is 318 g/mol. The fourth-order valence-electron chi connectivity index (χ4n) is 2.46. The number of carbonyl (C=O) groups excluding carboxylic acids is 2. The van der Waals surface area contributed by atoms with Crippen molar-refractivity contribution in [2.45, 2.75) is 6.54 Å². The summed E-state index contributed by atoms with van der Waals surface area (Å²) in [7, 11) is 0. The largest absolute Gasteiger partial charge is 0.463 e. The van der Waals surface area contributed by atoms with Crippen molar-refractivity contribution >= 4 is 29.1 Å². The van der Waals surface area contributed by atoms with Crippen LogP contribution in [0.1, 0.15) is 5.76 Å². The van der Waals surface area contributed by atoms with Crippen LogP contribution in [0.15, 0.2) is 47.1 Å². The molecule has 1 fully saturated rings. The van der Waals surface area contributed by atoms with Crippen LogP contribution in [-0.2, 0) is 16.1 Å². The van der Waals surface area contributed by atoms with Gasteiger partial charge in [0.2, 0.25) is 5.91 Å². The van der Waals surface area contributed by atoms with Gasteiger partial charge in [-0.2, -0.15) is 0 Å². The number of nitrogens with two attached hydrogens (primary N) is 1. The summed E-state index contributed by atoms with van der Waals surface area (Å²) in [4.78, 5) is 27.5. The molecular formula is C16H17ClN3O3+. The van der Waals surface area contributed by atoms with E-state index in [2.05, 4.69) is 0 Å². The highest BCUT2D eigenvalue weighted by molar-refractivity contribution is 6.30. The zero-order chi connectivity index (χ0) is 16.2. The predicted octanol–water partition coefficient (Wildman–Crippen LogP) is 0.829. The minimum absolute atomic E-state index is 0.0682. The number of quaternary nitrogens is 1. The second kappa shape index (κ2) is 6.85. The van der Waals surface area contributed by atoms with E-state index in [1.165, 1.54) is 0 Å². The van der Waals surface area contributed by atoms with Crippen LogP contribution in [0.4, 0.5) is 5.69 Å². The summed E-state index contributed by atoms with van der Waals surface area (Å²) in [6.07, 6.45) is 1.61. The van der Waals surface area contributed by atoms with Crippen molar-refractivity contribution in [1.29, 1.82) is 0 Å². The molecule has 2 aromatic rings. The Bertz CT molecular complexity index is 685. The van der Waals surface area contributed by atoms with Gasteiger partial charge in [0, 0.05) is 10.7 Å². The van der Waals surface area contributed by atoms with Crippen LogP contribution in [0, 0.1) is 0 Å². The van der Waals surface area contributed by atoms with Gasteiger partial charge in [0.15, 0.2) is 12.3 Å². The lowest BCUT2D eigenvalue weighted by Crippen LogP contribution is -2.85. The molecule has 0 radical (unpaired) electrons. The van der Waals surface area contributed by atoms with Crippen molar-refractivity contribution in [1.82, 2.24) is 4.90 Å². The molecule has 1 saturated heterocycles. The zero-order valence-electron chi connectivity index (χ0n) is 12.4. The fourth-order valence-corrected chi connectivity index (χ4v) is 2.58. The number of hydrogen-bond acceptors (Lipinski definition) is 3. The van der Waals surface area contributed by atoms with Gasteiger partial charge in [0.25, 0.3) is 5.91 Å².